The SMILES string of the molecule is CCOc1ccc(C(=O)CBr)c(OC(F)(F)F)c1. The molecule has 0 spiro atoms. The van der Waals surface area contributed by atoms with Crippen LogP contribution in [0, 0.1) is 0 Å². The zero-order chi connectivity index (χ0) is 13.8. The van der Waals surface area contributed by atoms with Gasteiger partial charge < -0.3 is 9.47 Å². The van der Waals surface area contributed by atoms with Gasteiger partial charge in [-0.05, 0) is 19.1 Å². The van der Waals surface area contributed by atoms with E-state index in [0.717, 1.165) is 6.07 Å². The van der Waals surface area contributed by atoms with E-state index in [4.69, 9.17) is 4.74 Å². The van der Waals surface area contributed by atoms with Crippen LogP contribution in [0.2, 0.25) is 0 Å². The van der Waals surface area contributed by atoms with Gasteiger partial charge in [0.1, 0.15) is 11.5 Å². The molecule has 0 saturated carbocycles. The van der Waals surface area contributed by atoms with Gasteiger partial charge in [-0.25, -0.2) is 0 Å². The van der Waals surface area contributed by atoms with Crippen LogP contribution in [0.3, 0.4) is 0 Å². The van der Waals surface area contributed by atoms with Gasteiger partial charge in [0.15, 0.2) is 5.78 Å². The van der Waals surface area contributed by atoms with E-state index < -0.39 is 17.9 Å². The molecular weight excluding hydrogens is 317 g/mol. The van der Waals surface area contributed by atoms with E-state index in [9.17, 15) is 18.0 Å². The van der Waals surface area contributed by atoms with E-state index in [1.807, 2.05) is 0 Å². The number of hydrogen-bond donors (Lipinski definition) is 0. The highest BCUT2D eigenvalue weighted by molar-refractivity contribution is 9.09. The van der Waals surface area contributed by atoms with Crippen molar-refractivity contribution in [2.75, 3.05) is 11.9 Å². The lowest BCUT2D eigenvalue weighted by Crippen LogP contribution is -2.19. The number of halogens is 4. The van der Waals surface area contributed by atoms with Crippen molar-refractivity contribution in [2.45, 2.75) is 13.3 Å². The van der Waals surface area contributed by atoms with E-state index in [1.165, 1.54) is 12.1 Å². The molecule has 0 atom stereocenters. The molecule has 0 fully saturated rings. The maximum absolute atomic E-state index is 12.2. The fraction of sp³-hybridized carbons (Fsp3) is 0.364. The Kier molecular flexibility index (Phi) is 5.01. The van der Waals surface area contributed by atoms with E-state index in [2.05, 4.69) is 20.7 Å². The second kappa shape index (κ2) is 6.08. The van der Waals surface area contributed by atoms with Crippen LogP contribution in [0.15, 0.2) is 18.2 Å². The molecule has 0 N–H and O–H groups in total. The lowest BCUT2D eigenvalue weighted by Gasteiger charge is -2.13. The topological polar surface area (TPSA) is 35.5 Å². The predicted molar refractivity (Wildman–Crippen MR) is 62.4 cm³/mol. The molecule has 0 heterocycles. The fourth-order valence-corrected chi connectivity index (χ4v) is 1.57. The number of hydrogen-bond acceptors (Lipinski definition) is 3. The highest BCUT2D eigenvalue weighted by Crippen LogP contribution is 2.30. The minimum atomic E-state index is -4.85. The molecule has 1 aromatic carbocycles. The molecule has 100 valence electrons. The second-order valence-electron chi connectivity index (χ2n) is 3.20. The molecule has 0 unspecified atom stereocenters. The maximum Gasteiger partial charge on any atom is 0.573 e. The number of ketones is 1. The molecule has 1 aromatic rings. The van der Waals surface area contributed by atoms with E-state index in [-0.39, 0.29) is 16.6 Å². The summed E-state index contributed by atoms with van der Waals surface area (Å²) < 4.78 is 45.5. The van der Waals surface area contributed by atoms with Gasteiger partial charge in [-0.1, -0.05) is 15.9 Å². The van der Waals surface area contributed by atoms with Crippen LogP contribution < -0.4 is 9.47 Å². The quantitative estimate of drug-likeness (QED) is 0.613. The van der Waals surface area contributed by atoms with Crippen molar-refractivity contribution in [3.8, 4) is 11.5 Å². The molecule has 0 aromatic heterocycles. The zero-order valence-corrected chi connectivity index (χ0v) is 11.0. The summed E-state index contributed by atoms with van der Waals surface area (Å²) in [5.41, 5.74) is -0.146. The number of Topliss-reactive ketones (excluding diaryl/α,β-unsaturated/α-hetero) is 1. The Bertz CT molecular complexity index is 432. The molecule has 3 nitrogen and oxygen atoms in total. The third kappa shape index (κ3) is 4.21. The lowest BCUT2D eigenvalue weighted by molar-refractivity contribution is -0.274. The summed E-state index contributed by atoms with van der Waals surface area (Å²) in [6.07, 6.45) is -4.85. The summed E-state index contributed by atoms with van der Waals surface area (Å²) in [7, 11) is 0. The number of benzene rings is 1. The molecule has 0 bridgehead atoms. The maximum atomic E-state index is 12.2. The average Bonchev–Trinajstić information content (AvgIpc) is 2.27. The van der Waals surface area contributed by atoms with E-state index >= 15 is 0 Å². The summed E-state index contributed by atoms with van der Waals surface area (Å²) in [5, 5.41) is -0.0881. The minimum absolute atomic E-state index is 0.0881. The van der Waals surface area contributed by atoms with Crippen molar-refractivity contribution in [1.29, 1.82) is 0 Å². The fourth-order valence-electron chi connectivity index (χ4n) is 1.27. The van der Waals surface area contributed by atoms with Gasteiger partial charge in [-0.2, -0.15) is 0 Å². The number of carbonyl (C=O) groups is 1. The lowest BCUT2D eigenvalue weighted by atomic mass is 10.1. The van der Waals surface area contributed by atoms with E-state index in [1.54, 1.807) is 6.92 Å². The minimum Gasteiger partial charge on any atom is -0.494 e. The molecule has 0 aliphatic heterocycles. The Hall–Kier alpha value is -1.24. The molecule has 1 rings (SSSR count). The van der Waals surface area contributed by atoms with E-state index in [0.29, 0.717) is 6.61 Å². The summed E-state index contributed by atoms with van der Waals surface area (Å²) in [6, 6.07) is 3.71. The van der Waals surface area contributed by atoms with Gasteiger partial charge in [0, 0.05) is 6.07 Å². The smallest absolute Gasteiger partial charge is 0.494 e. The van der Waals surface area contributed by atoms with Gasteiger partial charge in [0.2, 0.25) is 0 Å². The molecule has 7 heteroatoms. The average molecular weight is 327 g/mol. The van der Waals surface area contributed by atoms with Gasteiger partial charge in [-0.3, -0.25) is 4.79 Å². The Morgan fingerprint density at radius 2 is 2.06 bits per heavy atom. The van der Waals surface area contributed by atoms with Crippen LogP contribution in [0.5, 0.6) is 11.5 Å². The van der Waals surface area contributed by atoms with Crippen molar-refractivity contribution in [3.63, 3.8) is 0 Å². The summed E-state index contributed by atoms with van der Waals surface area (Å²) in [4.78, 5) is 11.5. The normalized spacial score (nSPS) is 11.2. The number of rotatable bonds is 5. The highest BCUT2D eigenvalue weighted by atomic mass is 79.9. The first-order chi connectivity index (χ1) is 8.37. The summed E-state index contributed by atoms with van der Waals surface area (Å²) in [5.74, 6) is -0.849. The molecule has 0 aliphatic carbocycles. The second-order valence-corrected chi connectivity index (χ2v) is 3.76. The molecular formula is C11H10BrF3O3. The van der Waals surface area contributed by atoms with Crippen LogP contribution in [0.25, 0.3) is 0 Å². The van der Waals surface area contributed by atoms with Crippen molar-refractivity contribution in [1.82, 2.24) is 0 Å². The number of alkyl halides is 4. The molecule has 0 saturated heterocycles. The van der Waals surface area contributed by atoms with Crippen LogP contribution in [0.4, 0.5) is 13.2 Å². The molecule has 0 amide bonds. The predicted octanol–water partition coefficient (Wildman–Crippen LogP) is 3.56. The van der Waals surface area contributed by atoms with Gasteiger partial charge in [0.05, 0.1) is 17.5 Å². The Morgan fingerprint density at radius 1 is 1.39 bits per heavy atom. The Balaban J connectivity index is 3.13. The monoisotopic (exact) mass is 326 g/mol. The third-order valence-electron chi connectivity index (χ3n) is 1.91. The first kappa shape index (κ1) is 14.8. The van der Waals surface area contributed by atoms with Crippen LogP contribution in [0.1, 0.15) is 17.3 Å². The van der Waals surface area contributed by atoms with Crippen molar-refractivity contribution in [3.05, 3.63) is 23.8 Å². The molecule has 18 heavy (non-hydrogen) atoms. The molecule has 0 radical (unpaired) electrons. The Morgan fingerprint density at radius 3 is 2.56 bits per heavy atom. The third-order valence-corrected chi connectivity index (χ3v) is 2.42. The highest BCUT2D eigenvalue weighted by Gasteiger charge is 2.33. The Labute approximate surface area is 110 Å². The van der Waals surface area contributed by atoms with Crippen LogP contribution in [-0.2, 0) is 0 Å². The summed E-state index contributed by atoms with van der Waals surface area (Å²) in [6.45, 7) is 2.00. The summed E-state index contributed by atoms with van der Waals surface area (Å²) >= 11 is 2.90. The first-order valence-corrected chi connectivity index (χ1v) is 6.11. The van der Waals surface area contributed by atoms with Gasteiger partial charge in [0.25, 0.3) is 0 Å². The van der Waals surface area contributed by atoms with Crippen LogP contribution in [-0.4, -0.2) is 24.1 Å². The van der Waals surface area contributed by atoms with Gasteiger partial charge >= 0.3 is 6.36 Å². The number of ether oxygens (including phenoxy) is 2. The largest absolute Gasteiger partial charge is 0.573 e. The van der Waals surface area contributed by atoms with Crippen molar-refractivity contribution < 1.29 is 27.4 Å². The van der Waals surface area contributed by atoms with Crippen LogP contribution >= 0.6 is 15.9 Å². The number of carbonyl (C=O) groups excluding carboxylic acids is 1. The first-order valence-electron chi connectivity index (χ1n) is 4.99. The van der Waals surface area contributed by atoms with Crippen molar-refractivity contribution in [2.24, 2.45) is 0 Å². The standard InChI is InChI=1S/C11H10BrF3O3/c1-2-17-7-3-4-8(9(16)6-12)10(5-7)18-11(13,14)15/h3-5H,2,6H2,1H3. The zero-order valence-electron chi connectivity index (χ0n) is 9.38. The molecule has 0 aliphatic rings. The van der Waals surface area contributed by atoms with Gasteiger partial charge in [-0.15, -0.1) is 13.2 Å². The van der Waals surface area contributed by atoms with Crippen molar-refractivity contribution >= 4 is 21.7 Å².